The van der Waals surface area contributed by atoms with E-state index in [0.29, 0.717) is 5.69 Å². The van der Waals surface area contributed by atoms with Crippen LogP contribution in [-0.4, -0.2) is 33.9 Å². The van der Waals surface area contributed by atoms with Gasteiger partial charge in [-0.15, -0.1) is 0 Å². The van der Waals surface area contributed by atoms with Gasteiger partial charge in [0.1, 0.15) is 0 Å². The van der Waals surface area contributed by atoms with E-state index in [-0.39, 0.29) is 24.5 Å². The van der Waals surface area contributed by atoms with Crippen LogP contribution in [0.5, 0.6) is 0 Å². The van der Waals surface area contributed by atoms with Gasteiger partial charge in [-0.1, -0.05) is 37.5 Å². The fourth-order valence-corrected chi connectivity index (χ4v) is 3.17. The van der Waals surface area contributed by atoms with Crippen LogP contribution >= 0.6 is 0 Å². The molecule has 1 saturated carbocycles. The molecule has 1 amide bonds. The van der Waals surface area contributed by atoms with E-state index < -0.39 is 0 Å². The number of benzene rings is 1. The lowest BCUT2D eigenvalue weighted by molar-refractivity contribution is 0.0896. The Bertz CT molecular complexity index is 623. The molecule has 1 fully saturated rings. The molecular weight excluding hydrogens is 266 g/mol. The van der Waals surface area contributed by atoms with Crippen LogP contribution in [0, 0.1) is 5.92 Å². The molecule has 1 heterocycles. The van der Waals surface area contributed by atoms with Gasteiger partial charge in [0.05, 0.1) is 5.52 Å². The number of nitrogens with one attached hydrogen (secondary N) is 2. The molecular formula is C16H21N3O2. The smallest absolute Gasteiger partial charge is 0.272 e. The van der Waals surface area contributed by atoms with Crippen LogP contribution in [0.4, 0.5) is 0 Å². The summed E-state index contributed by atoms with van der Waals surface area (Å²) in [6.07, 6.45) is 5.31. The molecule has 5 heteroatoms. The van der Waals surface area contributed by atoms with Gasteiger partial charge in [-0.25, -0.2) is 0 Å². The number of amides is 1. The summed E-state index contributed by atoms with van der Waals surface area (Å²) in [6.45, 7) is 0.131. The van der Waals surface area contributed by atoms with Gasteiger partial charge in [-0.2, -0.15) is 5.10 Å². The van der Waals surface area contributed by atoms with Crippen molar-refractivity contribution in [2.24, 2.45) is 5.92 Å². The highest BCUT2D eigenvalue weighted by Gasteiger charge is 2.26. The third kappa shape index (κ3) is 2.93. The fourth-order valence-electron chi connectivity index (χ4n) is 3.17. The van der Waals surface area contributed by atoms with Gasteiger partial charge < -0.3 is 10.4 Å². The topological polar surface area (TPSA) is 78.0 Å². The number of aliphatic hydroxyl groups is 1. The van der Waals surface area contributed by atoms with Crippen LogP contribution in [0.3, 0.4) is 0 Å². The average molecular weight is 287 g/mol. The predicted octanol–water partition coefficient (Wildman–Crippen LogP) is 2.23. The summed E-state index contributed by atoms with van der Waals surface area (Å²) in [7, 11) is 0. The Morgan fingerprint density at radius 3 is 2.95 bits per heavy atom. The van der Waals surface area contributed by atoms with Gasteiger partial charge in [-0.05, 0) is 18.9 Å². The molecule has 0 saturated heterocycles. The number of rotatable bonds is 3. The summed E-state index contributed by atoms with van der Waals surface area (Å²) >= 11 is 0. The number of aliphatic hydroxyl groups excluding tert-OH is 1. The summed E-state index contributed by atoms with van der Waals surface area (Å²) in [5.41, 5.74) is 1.30. The Kier molecular flexibility index (Phi) is 4.20. The van der Waals surface area contributed by atoms with Crippen molar-refractivity contribution in [3.63, 3.8) is 0 Å². The third-order valence-electron chi connectivity index (χ3n) is 4.40. The summed E-state index contributed by atoms with van der Waals surface area (Å²) in [5.74, 6) is -0.000504. The second-order valence-electron chi connectivity index (χ2n) is 5.78. The van der Waals surface area contributed by atoms with E-state index in [9.17, 15) is 9.90 Å². The third-order valence-corrected chi connectivity index (χ3v) is 4.40. The molecule has 3 rings (SSSR count). The highest BCUT2D eigenvalue weighted by molar-refractivity contribution is 6.04. The first-order valence-corrected chi connectivity index (χ1v) is 7.64. The monoisotopic (exact) mass is 287 g/mol. The van der Waals surface area contributed by atoms with Gasteiger partial charge in [0.2, 0.25) is 0 Å². The molecule has 0 spiro atoms. The number of hydrogen-bond donors (Lipinski definition) is 3. The molecule has 1 aromatic carbocycles. The highest BCUT2D eigenvalue weighted by Crippen LogP contribution is 2.24. The van der Waals surface area contributed by atoms with E-state index >= 15 is 0 Å². The van der Waals surface area contributed by atoms with Crippen molar-refractivity contribution in [2.75, 3.05) is 6.61 Å². The van der Waals surface area contributed by atoms with Crippen LogP contribution < -0.4 is 5.32 Å². The van der Waals surface area contributed by atoms with Crippen LogP contribution in [0.2, 0.25) is 0 Å². The molecule has 0 aliphatic heterocycles. The number of fused-ring (bicyclic) bond motifs is 1. The minimum atomic E-state index is -0.155. The molecule has 5 nitrogen and oxygen atoms in total. The quantitative estimate of drug-likeness (QED) is 0.758. The number of carbonyl (C=O) groups excluding carboxylic acids is 1. The lowest BCUT2D eigenvalue weighted by Gasteiger charge is -2.24. The number of hydrogen-bond acceptors (Lipinski definition) is 3. The van der Waals surface area contributed by atoms with Gasteiger partial charge in [0.25, 0.3) is 5.91 Å². The Morgan fingerprint density at radius 1 is 1.29 bits per heavy atom. The maximum atomic E-state index is 12.5. The Morgan fingerprint density at radius 2 is 2.10 bits per heavy atom. The average Bonchev–Trinajstić information content (AvgIpc) is 2.81. The van der Waals surface area contributed by atoms with Crippen LogP contribution in [0.1, 0.15) is 42.6 Å². The molecule has 2 aromatic rings. The number of H-pyrrole nitrogens is 1. The normalized spacial score (nSPS) is 22.9. The number of aromatic amines is 1. The van der Waals surface area contributed by atoms with Crippen molar-refractivity contribution in [3.8, 4) is 0 Å². The lowest BCUT2D eigenvalue weighted by Crippen LogP contribution is -2.41. The van der Waals surface area contributed by atoms with Crippen molar-refractivity contribution < 1.29 is 9.90 Å². The molecule has 1 aliphatic rings. The number of nitrogens with zero attached hydrogens (tertiary/aromatic N) is 1. The van der Waals surface area contributed by atoms with E-state index in [2.05, 4.69) is 15.5 Å². The van der Waals surface area contributed by atoms with Crippen molar-refractivity contribution >= 4 is 16.8 Å². The predicted molar refractivity (Wildman–Crippen MR) is 81.0 cm³/mol. The van der Waals surface area contributed by atoms with Gasteiger partial charge in [-0.3, -0.25) is 9.89 Å². The first-order chi connectivity index (χ1) is 10.3. The summed E-state index contributed by atoms with van der Waals surface area (Å²) in [5, 5.41) is 20.5. The zero-order chi connectivity index (χ0) is 14.7. The summed E-state index contributed by atoms with van der Waals surface area (Å²) in [6, 6.07) is 7.65. The molecule has 0 radical (unpaired) electrons. The molecule has 3 N–H and O–H groups in total. The second kappa shape index (κ2) is 6.26. The van der Waals surface area contributed by atoms with Gasteiger partial charge in [0, 0.05) is 24.0 Å². The summed E-state index contributed by atoms with van der Waals surface area (Å²) < 4.78 is 0. The van der Waals surface area contributed by atoms with Crippen molar-refractivity contribution in [2.45, 2.75) is 38.1 Å². The minimum absolute atomic E-state index is 0.0421. The second-order valence-corrected chi connectivity index (χ2v) is 5.78. The SMILES string of the molecule is O=C(NC1CCCCCC1CO)c1n[nH]c2ccccc12. The van der Waals surface area contributed by atoms with Crippen molar-refractivity contribution in [1.82, 2.24) is 15.5 Å². The lowest BCUT2D eigenvalue weighted by atomic mass is 9.95. The Balaban J connectivity index is 1.78. The largest absolute Gasteiger partial charge is 0.396 e. The maximum absolute atomic E-state index is 12.5. The van der Waals surface area contributed by atoms with Crippen LogP contribution in [0.15, 0.2) is 24.3 Å². The van der Waals surface area contributed by atoms with Gasteiger partial charge >= 0.3 is 0 Å². The standard InChI is InChI=1S/C16H21N3O2/c20-10-11-6-2-1-3-8-13(11)17-16(21)15-12-7-4-5-9-14(12)18-19-15/h4-5,7,9,11,13,20H,1-3,6,8,10H2,(H,17,21)(H,18,19). The maximum Gasteiger partial charge on any atom is 0.272 e. The molecule has 1 aliphatic carbocycles. The van der Waals surface area contributed by atoms with Crippen LogP contribution in [0.25, 0.3) is 10.9 Å². The zero-order valence-corrected chi connectivity index (χ0v) is 12.0. The fraction of sp³-hybridized carbons (Fsp3) is 0.500. The molecule has 21 heavy (non-hydrogen) atoms. The van der Waals surface area contributed by atoms with Gasteiger partial charge in [0.15, 0.2) is 5.69 Å². The van der Waals surface area contributed by atoms with Crippen molar-refractivity contribution in [1.29, 1.82) is 0 Å². The molecule has 0 bridgehead atoms. The highest BCUT2D eigenvalue weighted by atomic mass is 16.3. The minimum Gasteiger partial charge on any atom is -0.396 e. The molecule has 2 unspecified atom stereocenters. The van der Waals surface area contributed by atoms with E-state index in [1.54, 1.807) is 0 Å². The molecule has 112 valence electrons. The zero-order valence-electron chi connectivity index (χ0n) is 12.0. The van der Waals surface area contributed by atoms with Crippen molar-refractivity contribution in [3.05, 3.63) is 30.0 Å². The number of carbonyl (C=O) groups is 1. The van der Waals surface area contributed by atoms with E-state index in [4.69, 9.17) is 0 Å². The molecule has 2 atom stereocenters. The number of aromatic nitrogens is 2. The Labute approximate surface area is 123 Å². The van der Waals surface area contributed by atoms with E-state index in [1.807, 2.05) is 24.3 Å². The first kappa shape index (κ1) is 14.1. The Hall–Kier alpha value is -1.88. The number of para-hydroxylation sites is 1. The summed E-state index contributed by atoms with van der Waals surface area (Å²) in [4.78, 5) is 12.5. The first-order valence-electron chi connectivity index (χ1n) is 7.64. The van der Waals surface area contributed by atoms with E-state index in [0.717, 1.165) is 36.6 Å². The van der Waals surface area contributed by atoms with E-state index in [1.165, 1.54) is 6.42 Å². The molecule has 1 aromatic heterocycles. The van der Waals surface area contributed by atoms with Crippen LogP contribution in [-0.2, 0) is 0 Å².